The predicted molar refractivity (Wildman–Crippen MR) is 122 cm³/mol. The van der Waals surface area contributed by atoms with Gasteiger partial charge >= 0.3 is 0 Å². The monoisotopic (exact) mass is 432 g/mol. The van der Waals surface area contributed by atoms with Crippen molar-refractivity contribution in [2.75, 3.05) is 19.3 Å². The number of rotatable bonds is 6. The number of nitrogens with zero attached hydrogens (tertiary/aromatic N) is 1. The molecule has 1 aliphatic heterocycles. The van der Waals surface area contributed by atoms with Crippen LogP contribution >= 0.6 is 11.8 Å². The first-order valence-corrected chi connectivity index (χ1v) is 12.8. The quantitative estimate of drug-likeness (QED) is 0.675. The fourth-order valence-electron chi connectivity index (χ4n) is 3.72. The number of benzene rings is 2. The molecule has 0 bridgehead atoms. The van der Waals surface area contributed by atoms with E-state index in [1.165, 1.54) is 0 Å². The first-order valence-electron chi connectivity index (χ1n) is 10.2. The topological polar surface area (TPSA) is 49.4 Å². The van der Waals surface area contributed by atoms with Crippen LogP contribution in [0.2, 0.25) is 0 Å². The minimum Gasteiger partial charge on any atom is -0.317 e. The van der Waals surface area contributed by atoms with E-state index in [1.54, 1.807) is 28.2 Å². The second kappa shape index (κ2) is 9.21. The van der Waals surface area contributed by atoms with E-state index in [4.69, 9.17) is 0 Å². The standard InChI is InChI=1S/C23H32N2O2S2/c1-23(2,3)19-8-10-22(11-9-19)29(26,27)25(20-12-14-24-15-13-20)17-18-6-5-7-21(16-18)28-4/h5-11,16,20,24H,12-15,17H2,1-4H3. The number of hydrogen-bond donors (Lipinski definition) is 1. The van der Waals surface area contributed by atoms with Gasteiger partial charge in [0.25, 0.3) is 0 Å². The number of sulfonamides is 1. The highest BCUT2D eigenvalue weighted by Crippen LogP contribution is 2.28. The van der Waals surface area contributed by atoms with Crippen molar-refractivity contribution in [2.24, 2.45) is 0 Å². The van der Waals surface area contributed by atoms with Gasteiger partial charge in [0.2, 0.25) is 10.0 Å². The molecule has 2 aromatic rings. The van der Waals surface area contributed by atoms with Crippen molar-refractivity contribution < 1.29 is 8.42 Å². The Morgan fingerprint density at radius 1 is 1.07 bits per heavy atom. The molecule has 158 valence electrons. The van der Waals surface area contributed by atoms with E-state index < -0.39 is 10.0 Å². The summed E-state index contributed by atoms with van der Waals surface area (Å²) in [5.41, 5.74) is 2.16. The Balaban J connectivity index is 1.95. The van der Waals surface area contributed by atoms with Gasteiger partial charge in [-0.2, -0.15) is 4.31 Å². The van der Waals surface area contributed by atoms with E-state index >= 15 is 0 Å². The van der Waals surface area contributed by atoms with E-state index in [0.717, 1.165) is 42.0 Å². The van der Waals surface area contributed by atoms with Gasteiger partial charge < -0.3 is 5.32 Å². The van der Waals surface area contributed by atoms with Gasteiger partial charge in [-0.05, 0) is 73.0 Å². The number of nitrogens with one attached hydrogen (secondary N) is 1. The zero-order valence-corrected chi connectivity index (χ0v) is 19.4. The first-order chi connectivity index (χ1) is 13.7. The maximum absolute atomic E-state index is 13.7. The predicted octanol–water partition coefficient (Wildman–Crippen LogP) is 4.65. The third-order valence-corrected chi connectivity index (χ3v) is 8.15. The molecule has 1 saturated heterocycles. The van der Waals surface area contributed by atoms with Crippen LogP contribution in [0.4, 0.5) is 0 Å². The molecule has 1 aliphatic rings. The van der Waals surface area contributed by atoms with Crippen molar-refractivity contribution in [1.82, 2.24) is 9.62 Å². The summed E-state index contributed by atoms with van der Waals surface area (Å²) in [6.45, 7) is 8.52. The van der Waals surface area contributed by atoms with E-state index in [-0.39, 0.29) is 11.5 Å². The van der Waals surface area contributed by atoms with E-state index in [2.05, 4.69) is 38.2 Å². The van der Waals surface area contributed by atoms with Crippen LogP contribution in [0.1, 0.15) is 44.7 Å². The Labute approximate surface area is 180 Å². The van der Waals surface area contributed by atoms with Crippen molar-refractivity contribution in [1.29, 1.82) is 0 Å². The fraction of sp³-hybridized carbons (Fsp3) is 0.478. The Bertz CT molecular complexity index is 913. The highest BCUT2D eigenvalue weighted by atomic mass is 32.2. The van der Waals surface area contributed by atoms with Gasteiger partial charge in [-0.3, -0.25) is 0 Å². The molecule has 0 unspecified atom stereocenters. The maximum atomic E-state index is 13.7. The summed E-state index contributed by atoms with van der Waals surface area (Å²) in [7, 11) is -3.58. The van der Waals surface area contributed by atoms with E-state index in [0.29, 0.717) is 11.4 Å². The first kappa shape index (κ1) is 22.3. The fourth-order valence-corrected chi connectivity index (χ4v) is 5.88. The summed E-state index contributed by atoms with van der Waals surface area (Å²) in [5.74, 6) is 0. The summed E-state index contributed by atoms with van der Waals surface area (Å²) in [5, 5.41) is 3.34. The van der Waals surface area contributed by atoms with Gasteiger partial charge in [0.15, 0.2) is 0 Å². The smallest absolute Gasteiger partial charge is 0.243 e. The molecular weight excluding hydrogens is 400 g/mol. The van der Waals surface area contributed by atoms with Gasteiger partial charge in [-0.1, -0.05) is 45.0 Å². The lowest BCUT2D eigenvalue weighted by atomic mass is 9.87. The molecule has 6 heteroatoms. The van der Waals surface area contributed by atoms with Crippen LogP contribution in [-0.2, 0) is 22.0 Å². The van der Waals surface area contributed by atoms with Crippen LogP contribution in [0.5, 0.6) is 0 Å². The normalized spacial score (nSPS) is 16.3. The summed E-state index contributed by atoms with van der Waals surface area (Å²) in [4.78, 5) is 1.53. The molecule has 0 aliphatic carbocycles. The van der Waals surface area contributed by atoms with Gasteiger partial charge in [-0.25, -0.2) is 8.42 Å². The summed E-state index contributed by atoms with van der Waals surface area (Å²) in [6.07, 6.45) is 3.71. The zero-order chi connectivity index (χ0) is 21.1. The molecule has 0 aromatic heterocycles. The SMILES string of the molecule is CSc1cccc(CN(C2CCNCC2)S(=O)(=O)c2ccc(C(C)(C)C)cc2)c1. The minimum absolute atomic E-state index is 0.00469. The molecule has 1 fully saturated rings. The third kappa shape index (κ3) is 5.43. The second-order valence-electron chi connectivity index (χ2n) is 8.66. The van der Waals surface area contributed by atoms with E-state index in [9.17, 15) is 8.42 Å². The lowest BCUT2D eigenvalue weighted by Gasteiger charge is -2.34. The zero-order valence-electron chi connectivity index (χ0n) is 17.8. The molecule has 0 saturated carbocycles. The van der Waals surface area contributed by atoms with Crippen molar-refractivity contribution in [3.8, 4) is 0 Å². The third-order valence-electron chi connectivity index (χ3n) is 5.52. The molecule has 0 spiro atoms. The van der Waals surface area contributed by atoms with Crippen LogP contribution < -0.4 is 5.32 Å². The molecule has 2 aromatic carbocycles. The Morgan fingerprint density at radius 2 is 1.72 bits per heavy atom. The lowest BCUT2D eigenvalue weighted by molar-refractivity contribution is 0.256. The van der Waals surface area contributed by atoms with Gasteiger partial charge in [0.1, 0.15) is 0 Å². The van der Waals surface area contributed by atoms with Crippen LogP contribution in [0.15, 0.2) is 58.3 Å². The van der Waals surface area contributed by atoms with Crippen LogP contribution in [0.3, 0.4) is 0 Å². The molecule has 29 heavy (non-hydrogen) atoms. The summed E-state index contributed by atoms with van der Waals surface area (Å²) in [6, 6.07) is 15.6. The second-order valence-corrected chi connectivity index (χ2v) is 11.4. The van der Waals surface area contributed by atoms with Crippen LogP contribution in [-0.4, -0.2) is 38.1 Å². The highest BCUT2D eigenvalue weighted by molar-refractivity contribution is 7.98. The average Bonchev–Trinajstić information content (AvgIpc) is 2.72. The molecule has 0 amide bonds. The van der Waals surface area contributed by atoms with Crippen LogP contribution in [0, 0.1) is 0 Å². The summed E-state index contributed by atoms with van der Waals surface area (Å²) < 4.78 is 29.0. The molecule has 3 rings (SSSR count). The van der Waals surface area contributed by atoms with Crippen LogP contribution in [0.25, 0.3) is 0 Å². The maximum Gasteiger partial charge on any atom is 0.243 e. The molecular formula is C23H32N2O2S2. The molecule has 1 heterocycles. The van der Waals surface area contributed by atoms with Gasteiger partial charge in [0.05, 0.1) is 4.90 Å². The molecule has 4 nitrogen and oxygen atoms in total. The average molecular weight is 433 g/mol. The van der Waals surface area contributed by atoms with Crippen molar-refractivity contribution >= 4 is 21.8 Å². The number of hydrogen-bond acceptors (Lipinski definition) is 4. The Kier molecular flexibility index (Phi) is 7.10. The van der Waals surface area contributed by atoms with Gasteiger partial charge in [0, 0.05) is 17.5 Å². The van der Waals surface area contributed by atoms with Crippen molar-refractivity contribution in [2.45, 2.75) is 61.4 Å². The molecule has 0 atom stereocenters. The van der Waals surface area contributed by atoms with Crippen molar-refractivity contribution in [3.05, 3.63) is 59.7 Å². The Hall–Kier alpha value is -1.34. The highest BCUT2D eigenvalue weighted by Gasteiger charge is 2.32. The van der Waals surface area contributed by atoms with Gasteiger partial charge in [-0.15, -0.1) is 11.8 Å². The van der Waals surface area contributed by atoms with Crippen molar-refractivity contribution in [3.63, 3.8) is 0 Å². The summed E-state index contributed by atoms with van der Waals surface area (Å²) >= 11 is 1.68. The lowest BCUT2D eigenvalue weighted by Crippen LogP contribution is -2.45. The minimum atomic E-state index is -3.58. The number of thioether (sulfide) groups is 1. The van der Waals surface area contributed by atoms with E-state index in [1.807, 2.05) is 30.5 Å². The molecule has 1 N–H and O–H groups in total. The Morgan fingerprint density at radius 3 is 2.31 bits per heavy atom. The largest absolute Gasteiger partial charge is 0.317 e. The number of piperidine rings is 1. The molecule has 0 radical (unpaired) electrons.